The van der Waals surface area contributed by atoms with Crippen LogP contribution < -0.4 is 5.69 Å². The molecule has 5 rings (SSSR count). The lowest BCUT2D eigenvalue weighted by Crippen LogP contribution is -2.37. The molecule has 0 spiro atoms. The van der Waals surface area contributed by atoms with E-state index in [1.54, 1.807) is 22.5 Å². The van der Waals surface area contributed by atoms with E-state index in [1.807, 2.05) is 35.2 Å². The van der Waals surface area contributed by atoms with E-state index < -0.39 is 5.41 Å². The summed E-state index contributed by atoms with van der Waals surface area (Å²) in [7, 11) is 1.74. The largest absolute Gasteiger partial charge is 0.334 e. The number of aromatic nitrogens is 8. The van der Waals surface area contributed by atoms with Crippen LogP contribution in [0.1, 0.15) is 54.7 Å². The number of nitrogens with zero attached hydrogens (tertiary/aromatic N) is 8. The smallest absolute Gasteiger partial charge is 0.295 e. The second-order valence-electron chi connectivity index (χ2n) is 9.35. The van der Waals surface area contributed by atoms with Crippen LogP contribution in [0, 0.1) is 0 Å². The third-order valence-electron chi connectivity index (χ3n) is 6.89. The predicted molar refractivity (Wildman–Crippen MR) is 139 cm³/mol. The lowest BCUT2D eigenvalue weighted by Gasteiger charge is -2.32. The van der Waals surface area contributed by atoms with Crippen LogP contribution in [-0.2, 0) is 25.4 Å². The molecule has 0 bridgehead atoms. The van der Waals surface area contributed by atoms with Gasteiger partial charge in [-0.05, 0) is 43.0 Å². The molecule has 1 atom stereocenters. The Morgan fingerprint density at radius 2 is 2.14 bits per heavy atom. The highest BCUT2D eigenvalue weighted by Gasteiger charge is 2.33. The lowest BCUT2D eigenvalue weighted by molar-refractivity contribution is 0.101. The van der Waals surface area contributed by atoms with Crippen LogP contribution in [-0.4, -0.2) is 51.5 Å². The number of ketones is 1. The van der Waals surface area contributed by atoms with Crippen molar-refractivity contribution in [1.82, 2.24) is 39.5 Å². The van der Waals surface area contributed by atoms with Gasteiger partial charge in [0, 0.05) is 48.9 Å². The number of aliphatic imine (C=N–C) groups is 1. The van der Waals surface area contributed by atoms with Gasteiger partial charge in [0.15, 0.2) is 5.78 Å². The number of hydrogen-bond acceptors (Lipinski definition) is 7. The van der Waals surface area contributed by atoms with Crippen LogP contribution in [0.25, 0.3) is 17.2 Å². The van der Waals surface area contributed by atoms with E-state index in [-0.39, 0.29) is 11.5 Å². The monoisotopic (exact) mass is 499 g/mol. The van der Waals surface area contributed by atoms with E-state index in [2.05, 4.69) is 49.8 Å². The Labute approximate surface area is 213 Å². The summed E-state index contributed by atoms with van der Waals surface area (Å²) in [6.45, 7) is 4.02. The Bertz CT molecular complexity index is 1540. The number of tetrazole rings is 1. The van der Waals surface area contributed by atoms with Gasteiger partial charge in [-0.15, -0.1) is 10.2 Å². The van der Waals surface area contributed by atoms with Gasteiger partial charge in [0.1, 0.15) is 5.82 Å². The van der Waals surface area contributed by atoms with Crippen molar-refractivity contribution >= 4 is 12.0 Å². The fourth-order valence-electron chi connectivity index (χ4n) is 4.86. The molecule has 0 radical (unpaired) electrons. The summed E-state index contributed by atoms with van der Waals surface area (Å²) in [5.41, 5.74) is 2.45. The molecule has 1 aromatic carbocycles. The number of hydrogen-bond donors (Lipinski definition) is 1. The first-order valence-electron chi connectivity index (χ1n) is 12.3. The first kappa shape index (κ1) is 24.3. The number of carbonyl (C=O) groups excluding carboxylic acids is 1. The molecule has 37 heavy (non-hydrogen) atoms. The molecule has 3 aromatic heterocycles. The molecule has 4 heterocycles. The average Bonchev–Trinajstić information content (AvgIpc) is 3.64. The number of aromatic amines is 1. The van der Waals surface area contributed by atoms with E-state index >= 15 is 0 Å². The fraction of sp³-hybridized carbons (Fsp3) is 0.346. The Balaban J connectivity index is 1.64. The summed E-state index contributed by atoms with van der Waals surface area (Å²) < 4.78 is 4.96. The van der Waals surface area contributed by atoms with E-state index in [4.69, 9.17) is 0 Å². The summed E-state index contributed by atoms with van der Waals surface area (Å²) >= 11 is 0. The highest BCUT2D eigenvalue weighted by molar-refractivity contribution is 5.96. The van der Waals surface area contributed by atoms with E-state index in [0.29, 0.717) is 30.2 Å². The number of imidazole rings is 1. The van der Waals surface area contributed by atoms with Crippen molar-refractivity contribution < 1.29 is 4.79 Å². The minimum atomic E-state index is -0.520. The number of nitrogens with one attached hydrogen (secondary N) is 1. The molecule has 0 amide bonds. The maximum atomic E-state index is 14.0. The van der Waals surface area contributed by atoms with Crippen LogP contribution in [0.3, 0.4) is 0 Å². The SMILES string of the molecule is CCCCc1cn(-c2c(C(C)=O)cnn2C)c(=O)n1CC1(c2cccc(-c3nn[nH]n3)c2)C=CN=CC1. The molecular formula is C26H29N9O2. The third-order valence-corrected chi connectivity index (χ3v) is 6.89. The van der Waals surface area contributed by atoms with Gasteiger partial charge in [-0.1, -0.05) is 37.6 Å². The third kappa shape index (κ3) is 4.48. The van der Waals surface area contributed by atoms with Crippen molar-refractivity contribution in [3.8, 4) is 17.2 Å². The molecule has 11 nitrogen and oxygen atoms in total. The highest BCUT2D eigenvalue weighted by atomic mass is 16.2. The number of Topliss-reactive ketones (excluding diaryl/α,β-unsaturated/α-hetero) is 1. The number of aryl methyl sites for hydroxylation is 2. The summed E-state index contributed by atoms with van der Waals surface area (Å²) in [5.74, 6) is 0.840. The number of unbranched alkanes of at least 4 members (excludes halogenated alkanes) is 1. The Morgan fingerprint density at radius 3 is 2.84 bits per heavy atom. The number of carbonyl (C=O) groups is 1. The zero-order valence-corrected chi connectivity index (χ0v) is 21.1. The zero-order valence-electron chi connectivity index (χ0n) is 21.1. The van der Waals surface area contributed by atoms with Crippen molar-refractivity contribution in [2.45, 2.75) is 51.5 Å². The summed E-state index contributed by atoms with van der Waals surface area (Å²) in [5, 5.41) is 18.7. The molecule has 4 aromatic rings. The van der Waals surface area contributed by atoms with Gasteiger partial charge in [0.05, 0.1) is 11.8 Å². The molecular weight excluding hydrogens is 470 g/mol. The average molecular weight is 500 g/mol. The predicted octanol–water partition coefficient (Wildman–Crippen LogP) is 3.02. The van der Waals surface area contributed by atoms with Crippen molar-refractivity contribution in [2.24, 2.45) is 12.0 Å². The first-order valence-corrected chi connectivity index (χ1v) is 12.3. The molecule has 0 saturated heterocycles. The van der Waals surface area contributed by atoms with Crippen LogP contribution >= 0.6 is 0 Å². The van der Waals surface area contributed by atoms with Gasteiger partial charge in [0.25, 0.3) is 0 Å². The Kier molecular flexibility index (Phi) is 6.51. The number of rotatable bonds is 9. The fourth-order valence-corrected chi connectivity index (χ4v) is 4.86. The zero-order chi connectivity index (χ0) is 26.0. The van der Waals surface area contributed by atoms with Gasteiger partial charge < -0.3 is 0 Å². The molecule has 0 aliphatic carbocycles. The summed E-state index contributed by atoms with van der Waals surface area (Å²) in [6, 6.07) is 7.99. The van der Waals surface area contributed by atoms with Crippen LogP contribution in [0.5, 0.6) is 0 Å². The van der Waals surface area contributed by atoms with Gasteiger partial charge in [0.2, 0.25) is 5.82 Å². The standard InChI is InChI=1S/C26H29N9O2/c1-4-5-9-21-16-34(24-22(18(2)36)15-28-33(24)3)25(37)35(21)17-26(10-12-27-13-11-26)20-8-6-7-19(14-20)23-29-31-32-30-23/h6-8,10,12-16H,4-5,9,11,17H2,1-3H3,(H,29,30,31,32). The van der Waals surface area contributed by atoms with Crippen molar-refractivity contribution in [2.75, 3.05) is 0 Å². The Morgan fingerprint density at radius 1 is 1.27 bits per heavy atom. The molecule has 1 aliphatic rings. The van der Waals surface area contributed by atoms with Crippen molar-refractivity contribution in [1.29, 1.82) is 0 Å². The lowest BCUT2D eigenvalue weighted by atomic mass is 9.76. The molecule has 0 saturated carbocycles. The topological polar surface area (TPSA) is 129 Å². The van der Waals surface area contributed by atoms with E-state index in [0.717, 1.165) is 36.1 Å². The molecule has 1 N–H and O–H groups in total. The maximum absolute atomic E-state index is 14.0. The Hall–Kier alpha value is -4.41. The van der Waals surface area contributed by atoms with E-state index in [9.17, 15) is 9.59 Å². The van der Waals surface area contributed by atoms with Crippen molar-refractivity contribution in [3.05, 3.63) is 76.2 Å². The second kappa shape index (κ2) is 9.92. The van der Waals surface area contributed by atoms with Crippen molar-refractivity contribution in [3.63, 3.8) is 0 Å². The molecule has 11 heteroatoms. The molecule has 0 fully saturated rings. The summed E-state index contributed by atoms with van der Waals surface area (Å²) in [4.78, 5) is 30.6. The highest BCUT2D eigenvalue weighted by Crippen LogP contribution is 2.35. The van der Waals surface area contributed by atoms with Gasteiger partial charge in [-0.2, -0.15) is 10.3 Å². The second-order valence-corrected chi connectivity index (χ2v) is 9.35. The van der Waals surface area contributed by atoms with Gasteiger partial charge in [-0.25, -0.2) is 4.79 Å². The van der Waals surface area contributed by atoms with E-state index in [1.165, 1.54) is 13.1 Å². The molecule has 1 aliphatic heterocycles. The number of benzene rings is 1. The minimum absolute atomic E-state index is 0.140. The number of H-pyrrole nitrogens is 1. The normalized spacial score (nSPS) is 16.9. The molecule has 190 valence electrons. The quantitative estimate of drug-likeness (QED) is 0.353. The first-order chi connectivity index (χ1) is 17.9. The summed E-state index contributed by atoms with van der Waals surface area (Å²) in [6.07, 6.45) is 12.4. The van der Waals surface area contributed by atoms with Gasteiger partial charge >= 0.3 is 5.69 Å². The molecule has 1 unspecified atom stereocenters. The maximum Gasteiger partial charge on any atom is 0.334 e. The number of allylic oxidation sites excluding steroid dienone is 1. The minimum Gasteiger partial charge on any atom is -0.295 e. The van der Waals surface area contributed by atoms with Crippen LogP contribution in [0.15, 0.2) is 58.7 Å². The van der Waals surface area contributed by atoms with Crippen LogP contribution in [0.4, 0.5) is 0 Å². The van der Waals surface area contributed by atoms with Crippen LogP contribution in [0.2, 0.25) is 0 Å². The van der Waals surface area contributed by atoms with Gasteiger partial charge in [-0.3, -0.25) is 23.6 Å².